The Balaban J connectivity index is 1.51. The van der Waals surface area contributed by atoms with Crippen molar-refractivity contribution in [1.82, 2.24) is 29.3 Å². The summed E-state index contributed by atoms with van der Waals surface area (Å²) < 4.78 is 4.14. The monoisotopic (exact) mass is 322 g/mol. The van der Waals surface area contributed by atoms with E-state index in [0.29, 0.717) is 6.04 Å². The van der Waals surface area contributed by atoms with Crippen molar-refractivity contribution in [3.63, 3.8) is 0 Å². The van der Waals surface area contributed by atoms with Gasteiger partial charge in [-0.05, 0) is 17.7 Å². The number of benzene rings is 1. The molecule has 1 N–H and O–H groups in total. The van der Waals surface area contributed by atoms with Crippen molar-refractivity contribution in [1.29, 1.82) is 0 Å². The van der Waals surface area contributed by atoms with Crippen molar-refractivity contribution < 1.29 is 0 Å². The molecule has 6 heteroatoms. The third-order valence-electron chi connectivity index (χ3n) is 4.64. The first-order valence-electron chi connectivity index (χ1n) is 8.30. The molecule has 4 rings (SSSR count). The molecule has 6 nitrogen and oxygen atoms in total. The van der Waals surface area contributed by atoms with Gasteiger partial charge in [-0.15, -0.1) is 0 Å². The zero-order chi connectivity index (χ0) is 16.4. The van der Waals surface area contributed by atoms with Crippen molar-refractivity contribution >= 4 is 0 Å². The Bertz CT molecular complexity index is 774. The lowest BCUT2D eigenvalue weighted by Gasteiger charge is -2.35. The van der Waals surface area contributed by atoms with E-state index in [-0.39, 0.29) is 0 Å². The van der Waals surface area contributed by atoms with E-state index in [1.54, 1.807) is 6.20 Å². The molecular formula is C18H22N6. The van der Waals surface area contributed by atoms with Gasteiger partial charge >= 0.3 is 0 Å². The molecule has 1 fully saturated rings. The molecule has 1 atom stereocenters. The number of nitrogens with one attached hydrogen (secondary N) is 1. The van der Waals surface area contributed by atoms with Gasteiger partial charge in [-0.1, -0.05) is 12.1 Å². The molecule has 1 aromatic carbocycles. The van der Waals surface area contributed by atoms with E-state index in [1.165, 1.54) is 5.56 Å². The van der Waals surface area contributed by atoms with Gasteiger partial charge in [0, 0.05) is 63.7 Å². The second-order valence-electron chi connectivity index (χ2n) is 6.22. The van der Waals surface area contributed by atoms with Gasteiger partial charge in [-0.3, -0.25) is 4.90 Å². The highest BCUT2D eigenvalue weighted by molar-refractivity contribution is 5.34. The Labute approximate surface area is 141 Å². The van der Waals surface area contributed by atoms with Crippen LogP contribution in [0.2, 0.25) is 0 Å². The summed E-state index contributed by atoms with van der Waals surface area (Å²) in [6.07, 6.45) is 9.47. The maximum absolute atomic E-state index is 4.55. The molecule has 124 valence electrons. The average Bonchev–Trinajstić information content (AvgIpc) is 3.28. The molecule has 3 heterocycles. The highest BCUT2D eigenvalue weighted by Crippen LogP contribution is 2.23. The highest BCUT2D eigenvalue weighted by Gasteiger charge is 2.26. The molecule has 1 saturated heterocycles. The predicted octanol–water partition coefficient (Wildman–Crippen LogP) is 1.75. The van der Waals surface area contributed by atoms with Crippen molar-refractivity contribution in [3.05, 3.63) is 66.8 Å². The van der Waals surface area contributed by atoms with Crippen molar-refractivity contribution in [3.8, 4) is 5.69 Å². The first-order valence-corrected chi connectivity index (χ1v) is 8.30. The fourth-order valence-electron chi connectivity index (χ4n) is 3.31. The van der Waals surface area contributed by atoms with E-state index in [4.69, 9.17) is 0 Å². The fraction of sp³-hybridized carbons (Fsp3) is 0.333. The molecule has 0 amide bonds. The van der Waals surface area contributed by atoms with E-state index in [1.807, 2.05) is 29.5 Å². The predicted molar refractivity (Wildman–Crippen MR) is 92.8 cm³/mol. The SMILES string of the molecule is Cn1ccnc1C1CNCCN1Cc1ccc(-n2ccnc2)cc1. The largest absolute Gasteiger partial charge is 0.337 e. The van der Waals surface area contributed by atoms with Crippen molar-refractivity contribution in [2.24, 2.45) is 7.05 Å². The molecule has 0 spiro atoms. The van der Waals surface area contributed by atoms with Crippen molar-refractivity contribution in [2.45, 2.75) is 12.6 Å². The number of hydrogen-bond donors (Lipinski definition) is 1. The van der Waals surface area contributed by atoms with Crippen molar-refractivity contribution in [2.75, 3.05) is 19.6 Å². The molecule has 0 saturated carbocycles. The van der Waals surface area contributed by atoms with Crippen LogP contribution in [-0.4, -0.2) is 43.6 Å². The number of nitrogens with zero attached hydrogens (tertiary/aromatic N) is 5. The minimum Gasteiger partial charge on any atom is -0.337 e. The first-order chi connectivity index (χ1) is 11.8. The van der Waals surface area contributed by atoms with E-state index >= 15 is 0 Å². The van der Waals surface area contributed by atoms with Crippen LogP contribution in [0, 0.1) is 0 Å². The third kappa shape index (κ3) is 2.98. The highest BCUT2D eigenvalue weighted by atomic mass is 15.3. The minimum absolute atomic E-state index is 0.312. The third-order valence-corrected chi connectivity index (χ3v) is 4.64. The van der Waals surface area contributed by atoms with Gasteiger partial charge in [0.15, 0.2) is 0 Å². The Morgan fingerprint density at radius 1 is 1.17 bits per heavy atom. The Hall–Kier alpha value is -2.44. The lowest BCUT2D eigenvalue weighted by Crippen LogP contribution is -2.46. The summed E-state index contributed by atoms with van der Waals surface area (Å²) in [4.78, 5) is 11.2. The van der Waals surface area contributed by atoms with Gasteiger partial charge < -0.3 is 14.5 Å². The second kappa shape index (κ2) is 6.59. The maximum Gasteiger partial charge on any atom is 0.127 e. The molecule has 1 aliphatic heterocycles. The molecule has 2 aromatic heterocycles. The number of hydrogen-bond acceptors (Lipinski definition) is 4. The second-order valence-corrected chi connectivity index (χ2v) is 6.22. The molecular weight excluding hydrogens is 300 g/mol. The van der Waals surface area contributed by atoms with E-state index in [2.05, 4.69) is 56.1 Å². The van der Waals surface area contributed by atoms with E-state index in [9.17, 15) is 0 Å². The van der Waals surface area contributed by atoms with Crippen LogP contribution in [0.25, 0.3) is 5.69 Å². The minimum atomic E-state index is 0.312. The molecule has 0 radical (unpaired) electrons. The summed E-state index contributed by atoms with van der Waals surface area (Å²) in [7, 11) is 2.06. The quantitative estimate of drug-likeness (QED) is 0.795. The van der Waals surface area contributed by atoms with Gasteiger partial charge in [-0.25, -0.2) is 9.97 Å². The number of imidazole rings is 2. The van der Waals surface area contributed by atoms with Crippen LogP contribution in [0.5, 0.6) is 0 Å². The van der Waals surface area contributed by atoms with Gasteiger partial charge in [0.2, 0.25) is 0 Å². The zero-order valence-corrected chi connectivity index (χ0v) is 13.8. The Morgan fingerprint density at radius 2 is 2.04 bits per heavy atom. The smallest absolute Gasteiger partial charge is 0.127 e. The van der Waals surface area contributed by atoms with Crippen LogP contribution in [0.4, 0.5) is 0 Å². The lowest BCUT2D eigenvalue weighted by molar-refractivity contribution is 0.145. The molecule has 24 heavy (non-hydrogen) atoms. The molecule has 0 bridgehead atoms. The summed E-state index contributed by atoms with van der Waals surface area (Å²) in [5.74, 6) is 1.12. The summed E-state index contributed by atoms with van der Waals surface area (Å²) >= 11 is 0. The van der Waals surface area contributed by atoms with Crippen LogP contribution in [0.15, 0.2) is 55.4 Å². The fourth-order valence-corrected chi connectivity index (χ4v) is 3.31. The zero-order valence-electron chi connectivity index (χ0n) is 13.8. The number of aromatic nitrogens is 4. The number of rotatable bonds is 4. The lowest BCUT2D eigenvalue weighted by atomic mass is 10.1. The maximum atomic E-state index is 4.55. The van der Waals surface area contributed by atoms with Gasteiger partial charge in [0.1, 0.15) is 5.82 Å². The summed E-state index contributed by atoms with van der Waals surface area (Å²) in [5.41, 5.74) is 2.46. The number of aryl methyl sites for hydroxylation is 1. The van der Waals surface area contributed by atoms with E-state index in [0.717, 1.165) is 37.7 Å². The standard InChI is InChI=1S/C18H22N6/c1-22-9-8-21-18(22)17-12-19-6-10-23(17)13-15-2-4-16(5-3-15)24-11-7-20-14-24/h2-5,7-9,11,14,17,19H,6,10,12-13H2,1H3. The molecule has 1 aliphatic rings. The van der Waals surface area contributed by atoms with Gasteiger partial charge in [-0.2, -0.15) is 0 Å². The molecule has 1 unspecified atom stereocenters. The van der Waals surface area contributed by atoms with Crippen LogP contribution in [-0.2, 0) is 13.6 Å². The topological polar surface area (TPSA) is 50.9 Å². The first kappa shape index (κ1) is 15.1. The Morgan fingerprint density at radius 3 is 2.75 bits per heavy atom. The van der Waals surface area contributed by atoms with Gasteiger partial charge in [0.05, 0.1) is 12.4 Å². The van der Waals surface area contributed by atoms with Crippen LogP contribution < -0.4 is 5.32 Å². The van der Waals surface area contributed by atoms with Crippen LogP contribution in [0.1, 0.15) is 17.4 Å². The summed E-state index contributed by atoms with van der Waals surface area (Å²) in [6.45, 7) is 3.93. The van der Waals surface area contributed by atoms with Crippen LogP contribution >= 0.6 is 0 Å². The Kier molecular flexibility index (Phi) is 4.15. The number of piperazine rings is 1. The molecule has 3 aromatic rings. The molecule has 0 aliphatic carbocycles. The van der Waals surface area contributed by atoms with Crippen LogP contribution in [0.3, 0.4) is 0 Å². The average molecular weight is 322 g/mol. The summed E-state index contributed by atoms with van der Waals surface area (Å²) in [5, 5.41) is 3.49. The van der Waals surface area contributed by atoms with Gasteiger partial charge in [0.25, 0.3) is 0 Å². The normalized spacial score (nSPS) is 18.8. The van der Waals surface area contributed by atoms with E-state index < -0.39 is 0 Å². The summed E-state index contributed by atoms with van der Waals surface area (Å²) in [6, 6.07) is 9.01.